The Hall–Kier alpha value is -2.49. The lowest BCUT2D eigenvalue weighted by molar-refractivity contribution is -0.132. The fourth-order valence-electron chi connectivity index (χ4n) is 3.13. The Labute approximate surface area is 179 Å². The summed E-state index contributed by atoms with van der Waals surface area (Å²) < 4.78 is 39.9. The van der Waals surface area contributed by atoms with Gasteiger partial charge in [-0.25, -0.2) is 17.5 Å². The average Bonchev–Trinajstić information content (AvgIpc) is 2.74. The number of hydrogen-bond acceptors (Lipinski definition) is 4. The third kappa shape index (κ3) is 5.35. The van der Waals surface area contributed by atoms with Crippen molar-refractivity contribution in [3.8, 4) is 0 Å². The smallest absolute Gasteiger partial charge is 0.255 e. The Balaban J connectivity index is 1.48. The number of piperazine rings is 1. The molecule has 1 fully saturated rings. The van der Waals surface area contributed by atoms with Gasteiger partial charge in [0.05, 0.1) is 15.5 Å². The van der Waals surface area contributed by atoms with Crippen LogP contribution >= 0.6 is 11.6 Å². The second-order valence-electron chi connectivity index (χ2n) is 6.76. The first-order valence-corrected chi connectivity index (χ1v) is 11.2. The predicted octanol–water partition coefficient (Wildman–Crippen LogP) is 2.13. The summed E-state index contributed by atoms with van der Waals surface area (Å²) in [7, 11) is -3.66. The van der Waals surface area contributed by atoms with Crippen molar-refractivity contribution < 1.29 is 22.4 Å². The van der Waals surface area contributed by atoms with Crippen LogP contribution in [-0.4, -0.2) is 62.8 Å². The normalized spacial score (nSPS) is 14.6. The Kier molecular flexibility index (Phi) is 7.06. The van der Waals surface area contributed by atoms with E-state index >= 15 is 0 Å². The van der Waals surface area contributed by atoms with Crippen LogP contribution < -0.4 is 4.72 Å². The lowest BCUT2D eigenvalue weighted by Crippen LogP contribution is -2.51. The van der Waals surface area contributed by atoms with Crippen molar-refractivity contribution in [1.82, 2.24) is 14.5 Å². The monoisotopic (exact) mass is 453 g/mol. The van der Waals surface area contributed by atoms with Crippen molar-refractivity contribution in [2.24, 2.45) is 0 Å². The standard InChI is InChI=1S/C20H21ClFN3O4S/c21-18-14-15(22)6-7-17(18)20(27)25-12-10-24(11-13-25)19(26)8-9-23-30(28,29)16-4-2-1-3-5-16/h1-7,14,23H,8-13H2. The van der Waals surface area contributed by atoms with E-state index in [4.69, 9.17) is 11.6 Å². The molecule has 7 nitrogen and oxygen atoms in total. The van der Waals surface area contributed by atoms with Crippen molar-refractivity contribution in [1.29, 1.82) is 0 Å². The summed E-state index contributed by atoms with van der Waals surface area (Å²) in [5, 5.41) is 0.0456. The molecule has 0 radical (unpaired) electrons. The first-order valence-electron chi connectivity index (χ1n) is 9.35. The van der Waals surface area contributed by atoms with E-state index in [9.17, 15) is 22.4 Å². The summed E-state index contributed by atoms with van der Waals surface area (Å²) in [5.41, 5.74) is 0.216. The van der Waals surface area contributed by atoms with Gasteiger partial charge in [-0.2, -0.15) is 0 Å². The number of benzene rings is 2. The second kappa shape index (κ2) is 9.55. The molecule has 1 N–H and O–H groups in total. The summed E-state index contributed by atoms with van der Waals surface area (Å²) in [6.45, 7) is 1.27. The predicted molar refractivity (Wildman–Crippen MR) is 110 cm³/mol. The Morgan fingerprint density at radius 1 is 1.00 bits per heavy atom. The third-order valence-electron chi connectivity index (χ3n) is 4.77. The van der Waals surface area contributed by atoms with Crippen molar-refractivity contribution in [3.63, 3.8) is 0 Å². The molecule has 0 atom stereocenters. The van der Waals surface area contributed by atoms with Gasteiger partial charge in [0.15, 0.2) is 0 Å². The molecule has 0 unspecified atom stereocenters. The second-order valence-corrected chi connectivity index (χ2v) is 8.93. The fourth-order valence-corrected chi connectivity index (χ4v) is 4.43. The van der Waals surface area contributed by atoms with Crippen molar-refractivity contribution in [2.45, 2.75) is 11.3 Å². The molecule has 2 amide bonds. The Bertz CT molecular complexity index is 1030. The van der Waals surface area contributed by atoms with Gasteiger partial charge in [-0.05, 0) is 30.3 Å². The highest BCUT2D eigenvalue weighted by molar-refractivity contribution is 7.89. The first-order chi connectivity index (χ1) is 14.3. The van der Waals surface area contributed by atoms with Crippen molar-refractivity contribution in [3.05, 3.63) is 64.9 Å². The minimum Gasteiger partial charge on any atom is -0.339 e. The molecule has 1 saturated heterocycles. The summed E-state index contributed by atoms with van der Waals surface area (Å²) >= 11 is 5.95. The zero-order valence-electron chi connectivity index (χ0n) is 16.1. The van der Waals surface area contributed by atoms with Crippen LogP contribution in [0.5, 0.6) is 0 Å². The van der Waals surface area contributed by atoms with Gasteiger partial charge >= 0.3 is 0 Å². The number of nitrogens with zero attached hydrogens (tertiary/aromatic N) is 2. The van der Waals surface area contributed by atoms with E-state index in [1.807, 2.05) is 0 Å². The molecule has 0 bridgehead atoms. The number of rotatable bonds is 6. The molecule has 3 rings (SSSR count). The van der Waals surface area contributed by atoms with E-state index < -0.39 is 15.8 Å². The number of carbonyl (C=O) groups excluding carboxylic acids is 2. The van der Waals surface area contributed by atoms with Crippen LogP contribution in [0, 0.1) is 5.82 Å². The van der Waals surface area contributed by atoms with Gasteiger partial charge in [0, 0.05) is 39.1 Å². The molecule has 0 saturated carbocycles. The highest BCUT2D eigenvalue weighted by Crippen LogP contribution is 2.20. The lowest BCUT2D eigenvalue weighted by Gasteiger charge is -2.35. The van der Waals surface area contributed by atoms with Crippen LogP contribution in [0.3, 0.4) is 0 Å². The zero-order chi connectivity index (χ0) is 21.7. The number of halogens is 2. The van der Waals surface area contributed by atoms with Crippen molar-refractivity contribution in [2.75, 3.05) is 32.7 Å². The van der Waals surface area contributed by atoms with Gasteiger partial charge in [0.2, 0.25) is 15.9 Å². The summed E-state index contributed by atoms with van der Waals surface area (Å²) in [6, 6.07) is 11.5. The highest BCUT2D eigenvalue weighted by atomic mass is 35.5. The van der Waals surface area contributed by atoms with E-state index in [0.29, 0.717) is 26.2 Å². The van der Waals surface area contributed by atoms with Crippen LogP contribution in [0.2, 0.25) is 5.02 Å². The highest BCUT2D eigenvalue weighted by Gasteiger charge is 2.26. The van der Waals surface area contributed by atoms with Gasteiger partial charge < -0.3 is 9.80 Å². The van der Waals surface area contributed by atoms with Crippen LogP contribution in [0.4, 0.5) is 4.39 Å². The largest absolute Gasteiger partial charge is 0.339 e. The molecule has 0 aromatic heterocycles. The summed E-state index contributed by atoms with van der Waals surface area (Å²) in [4.78, 5) is 28.2. The van der Waals surface area contributed by atoms with Crippen LogP contribution in [0.25, 0.3) is 0 Å². The molecule has 0 aliphatic carbocycles. The van der Waals surface area contributed by atoms with E-state index in [2.05, 4.69) is 4.72 Å². The van der Waals surface area contributed by atoms with Crippen LogP contribution in [-0.2, 0) is 14.8 Å². The van der Waals surface area contributed by atoms with E-state index in [0.717, 1.165) is 6.07 Å². The van der Waals surface area contributed by atoms with Gasteiger partial charge in [-0.3, -0.25) is 9.59 Å². The minimum absolute atomic E-state index is 0.0135. The molecule has 2 aromatic rings. The van der Waals surface area contributed by atoms with Gasteiger partial charge in [0.25, 0.3) is 5.91 Å². The zero-order valence-corrected chi connectivity index (χ0v) is 17.6. The molecule has 0 spiro atoms. The maximum absolute atomic E-state index is 13.2. The Morgan fingerprint density at radius 2 is 1.63 bits per heavy atom. The fraction of sp³-hybridized carbons (Fsp3) is 0.300. The summed E-state index contributed by atoms with van der Waals surface area (Å²) in [5.74, 6) is -1.03. The number of sulfonamides is 1. The summed E-state index contributed by atoms with van der Waals surface area (Å²) in [6.07, 6.45) is 0.0177. The van der Waals surface area contributed by atoms with E-state index in [1.54, 1.807) is 28.0 Å². The van der Waals surface area contributed by atoms with Gasteiger partial charge in [0.1, 0.15) is 5.82 Å². The number of nitrogens with one attached hydrogen (secondary N) is 1. The average molecular weight is 454 g/mol. The maximum Gasteiger partial charge on any atom is 0.255 e. The molecule has 1 heterocycles. The number of hydrogen-bond donors (Lipinski definition) is 1. The minimum atomic E-state index is -3.66. The first kappa shape index (κ1) is 22.2. The quantitative estimate of drug-likeness (QED) is 0.726. The Morgan fingerprint density at radius 3 is 2.27 bits per heavy atom. The molecule has 30 heavy (non-hydrogen) atoms. The van der Waals surface area contributed by atoms with Gasteiger partial charge in [-0.15, -0.1) is 0 Å². The van der Waals surface area contributed by atoms with Crippen LogP contribution in [0.1, 0.15) is 16.8 Å². The third-order valence-corrected chi connectivity index (χ3v) is 6.56. The lowest BCUT2D eigenvalue weighted by atomic mass is 10.1. The molecular weight excluding hydrogens is 433 g/mol. The van der Waals surface area contributed by atoms with E-state index in [-0.39, 0.29) is 40.3 Å². The molecule has 10 heteroatoms. The number of amides is 2. The molecule has 160 valence electrons. The van der Waals surface area contributed by atoms with Gasteiger partial charge in [-0.1, -0.05) is 29.8 Å². The SMILES string of the molecule is O=C(CCNS(=O)(=O)c1ccccc1)N1CCN(C(=O)c2ccc(F)cc2Cl)CC1. The number of carbonyl (C=O) groups is 2. The molecular formula is C20H21ClFN3O4S. The van der Waals surface area contributed by atoms with E-state index in [1.165, 1.54) is 24.3 Å². The topological polar surface area (TPSA) is 86.8 Å². The molecule has 1 aliphatic heterocycles. The van der Waals surface area contributed by atoms with Crippen molar-refractivity contribution >= 4 is 33.4 Å². The molecule has 1 aliphatic rings. The maximum atomic E-state index is 13.2. The molecule has 2 aromatic carbocycles. The van der Waals surface area contributed by atoms with Crippen LogP contribution in [0.15, 0.2) is 53.4 Å².